The van der Waals surface area contributed by atoms with Crippen molar-refractivity contribution in [3.05, 3.63) is 30.1 Å². The Morgan fingerprint density at radius 2 is 2.54 bits per heavy atom. The molecular weight excluding hydrogens is 160 g/mol. The van der Waals surface area contributed by atoms with Crippen molar-refractivity contribution in [3.63, 3.8) is 0 Å². The van der Waals surface area contributed by atoms with Crippen molar-refractivity contribution in [2.75, 3.05) is 6.54 Å². The minimum atomic E-state index is 0.389. The minimum absolute atomic E-state index is 0.389. The molecule has 1 fully saturated rings. The van der Waals surface area contributed by atoms with Crippen LogP contribution in [0, 0.1) is 11.8 Å². The van der Waals surface area contributed by atoms with E-state index in [-0.39, 0.29) is 0 Å². The highest BCUT2D eigenvalue weighted by Crippen LogP contribution is 2.03. The first-order valence-electron chi connectivity index (χ1n) is 4.60. The summed E-state index contributed by atoms with van der Waals surface area (Å²) < 4.78 is 0. The van der Waals surface area contributed by atoms with E-state index in [0.29, 0.717) is 6.04 Å². The summed E-state index contributed by atoms with van der Waals surface area (Å²) in [6.45, 7) is 1.10. The molecule has 1 N–H and O–H groups in total. The van der Waals surface area contributed by atoms with E-state index in [4.69, 9.17) is 0 Å². The van der Waals surface area contributed by atoms with Crippen LogP contribution in [0.5, 0.6) is 0 Å². The Morgan fingerprint density at radius 1 is 1.54 bits per heavy atom. The molecule has 1 aliphatic heterocycles. The van der Waals surface area contributed by atoms with Gasteiger partial charge in [0.05, 0.1) is 6.04 Å². The average molecular weight is 172 g/mol. The van der Waals surface area contributed by atoms with Crippen molar-refractivity contribution in [2.45, 2.75) is 18.9 Å². The number of hydrogen-bond donors (Lipinski definition) is 1. The number of rotatable bonds is 0. The van der Waals surface area contributed by atoms with E-state index in [1.54, 1.807) is 12.4 Å². The van der Waals surface area contributed by atoms with Crippen LogP contribution in [0.25, 0.3) is 0 Å². The summed E-state index contributed by atoms with van der Waals surface area (Å²) in [5.41, 5.74) is 0.996. The SMILES string of the molecule is C(#C[C@H]1CCCN1)c1cccnc1. The van der Waals surface area contributed by atoms with Gasteiger partial charge in [0.1, 0.15) is 0 Å². The van der Waals surface area contributed by atoms with Crippen LogP contribution < -0.4 is 5.32 Å². The molecule has 0 spiro atoms. The van der Waals surface area contributed by atoms with Gasteiger partial charge in [-0.05, 0) is 31.5 Å². The van der Waals surface area contributed by atoms with E-state index in [9.17, 15) is 0 Å². The van der Waals surface area contributed by atoms with Gasteiger partial charge in [0.2, 0.25) is 0 Å². The first kappa shape index (κ1) is 8.28. The van der Waals surface area contributed by atoms with Gasteiger partial charge >= 0.3 is 0 Å². The Labute approximate surface area is 78.4 Å². The monoisotopic (exact) mass is 172 g/mol. The average Bonchev–Trinajstić information content (AvgIpc) is 2.69. The normalized spacial score (nSPS) is 20.8. The van der Waals surface area contributed by atoms with Crippen LogP contribution in [0.1, 0.15) is 18.4 Å². The van der Waals surface area contributed by atoms with Crippen molar-refractivity contribution in [3.8, 4) is 11.8 Å². The fraction of sp³-hybridized carbons (Fsp3) is 0.364. The lowest BCUT2D eigenvalue weighted by atomic mass is 10.2. The van der Waals surface area contributed by atoms with Crippen LogP contribution in [-0.4, -0.2) is 17.6 Å². The largest absolute Gasteiger partial charge is 0.304 e. The standard InChI is InChI=1S/C11H12N2/c1-3-10(9-12-7-1)5-6-11-4-2-8-13-11/h1,3,7,9,11,13H,2,4,8H2/t11-/m1/s1. The molecule has 0 radical (unpaired) electrons. The Bertz CT molecular complexity index is 315. The van der Waals surface area contributed by atoms with E-state index < -0.39 is 0 Å². The van der Waals surface area contributed by atoms with Crippen molar-refractivity contribution >= 4 is 0 Å². The molecule has 0 saturated carbocycles. The number of nitrogens with zero attached hydrogens (tertiary/aromatic N) is 1. The summed E-state index contributed by atoms with van der Waals surface area (Å²) in [6.07, 6.45) is 5.97. The minimum Gasteiger partial charge on any atom is -0.304 e. The molecule has 2 heterocycles. The number of pyridine rings is 1. The lowest BCUT2D eigenvalue weighted by Gasteiger charge is -1.97. The molecule has 1 saturated heterocycles. The zero-order valence-electron chi connectivity index (χ0n) is 7.46. The fourth-order valence-electron chi connectivity index (χ4n) is 1.41. The van der Waals surface area contributed by atoms with Gasteiger partial charge in [0, 0.05) is 18.0 Å². The van der Waals surface area contributed by atoms with Crippen molar-refractivity contribution in [1.82, 2.24) is 10.3 Å². The summed E-state index contributed by atoms with van der Waals surface area (Å²) in [5, 5.41) is 3.33. The third-order valence-corrected chi connectivity index (χ3v) is 2.11. The van der Waals surface area contributed by atoms with Gasteiger partial charge in [-0.25, -0.2) is 0 Å². The van der Waals surface area contributed by atoms with Crippen LogP contribution in [0.3, 0.4) is 0 Å². The second kappa shape index (κ2) is 4.06. The fourth-order valence-corrected chi connectivity index (χ4v) is 1.41. The van der Waals surface area contributed by atoms with Crippen molar-refractivity contribution < 1.29 is 0 Å². The van der Waals surface area contributed by atoms with E-state index in [2.05, 4.69) is 22.1 Å². The highest BCUT2D eigenvalue weighted by atomic mass is 14.9. The third kappa shape index (κ3) is 2.30. The molecule has 0 amide bonds. The van der Waals surface area contributed by atoms with Crippen LogP contribution >= 0.6 is 0 Å². The molecule has 2 heteroatoms. The van der Waals surface area contributed by atoms with E-state index >= 15 is 0 Å². The maximum Gasteiger partial charge on any atom is 0.0693 e. The summed E-state index contributed by atoms with van der Waals surface area (Å²) in [7, 11) is 0. The second-order valence-electron chi connectivity index (χ2n) is 3.16. The third-order valence-electron chi connectivity index (χ3n) is 2.11. The maximum atomic E-state index is 4.01. The van der Waals surface area contributed by atoms with Crippen LogP contribution in [-0.2, 0) is 0 Å². The van der Waals surface area contributed by atoms with E-state index in [1.165, 1.54) is 12.8 Å². The zero-order chi connectivity index (χ0) is 8.93. The first-order chi connectivity index (χ1) is 6.45. The van der Waals surface area contributed by atoms with Gasteiger partial charge in [0.15, 0.2) is 0 Å². The molecule has 2 nitrogen and oxygen atoms in total. The van der Waals surface area contributed by atoms with Crippen molar-refractivity contribution in [1.29, 1.82) is 0 Å². The van der Waals surface area contributed by atoms with Crippen LogP contribution in [0.4, 0.5) is 0 Å². The molecule has 1 atom stereocenters. The Kier molecular flexibility index (Phi) is 2.59. The van der Waals surface area contributed by atoms with E-state index in [0.717, 1.165) is 12.1 Å². The predicted molar refractivity (Wildman–Crippen MR) is 52.1 cm³/mol. The van der Waals surface area contributed by atoms with Gasteiger partial charge in [-0.1, -0.05) is 11.8 Å². The number of hydrogen-bond acceptors (Lipinski definition) is 2. The molecule has 0 aromatic carbocycles. The molecule has 2 rings (SSSR count). The summed E-state index contributed by atoms with van der Waals surface area (Å²) in [5.74, 6) is 6.31. The van der Waals surface area contributed by atoms with Gasteiger partial charge in [-0.2, -0.15) is 0 Å². The van der Waals surface area contributed by atoms with Crippen molar-refractivity contribution in [2.24, 2.45) is 0 Å². The highest BCUT2D eigenvalue weighted by Gasteiger charge is 2.09. The molecule has 66 valence electrons. The van der Waals surface area contributed by atoms with E-state index in [1.807, 2.05) is 12.1 Å². The summed E-state index contributed by atoms with van der Waals surface area (Å²) in [6, 6.07) is 4.28. The predicted octanol–water partition coefficient (Wildman–Crippen LogP) is 1.19. The smallest absolute Gasteiger partial charge is 0.0693 e. The number of nitrogens with one attached hydrogen (secondary N) is 1. The molecule has 1 aromatic heterocycles. The van der Waals surface area contributed by atoms with Gasteiger partial charge in [-0.15, -0.1) is 0 Å². The summed E-state index contributed by atoms with van der Waals surface area (Å²) in [4.78, 5) is 4.01. The topological polar surface area (TPSA) is 24.9 Å². The Balaban J connectivity index is 2.03. The molecular formula is C11H12N2. The van der Waals surface area contributed by atoms with Gasteiger partial charge in [-0.3, -0.25) is 4.98 Å². The van der Waals surface area contributed by atoms with Gasteiger partial charge < -0.3 is 5.32 Å². The molecule has 13 heavy (non-hydrogen) atoms. The molecule has 0 aliphatic carbocycles. The Hall–Kier alpha value is -1.33. The first-order valence-corrected chi connectivity index (χ1v) is 4.60. The maximum absolute atomic E-state index is 4.01. The second-order valence-corrected chi connectivity index (χ2v) is 3.16. The molecule has 0 bridgehead atoms. The van der Waals surface area contributed by atoms with Crippen LogP contribution in [0.2, 0.25) is 0 Å². The summed E-state index contributed by atoms with van der Waals surface area (Å²) >= 11 is 0. The van der Waals surface area contributed by atoms with Crippen LogP contribution in [0.15, 0.2) is 24.5 Å². The quantitative estimate of drug-likeness (QED) is 0.594. The number of aromatic nitrogens is 1. The molecule has 1 aliphatic rings. The Morgan fingerprint density at radius 3 is 3.23 bits per heavy atom. The lowest BCUT2D eigenvalue weighted by Crippen LogP contribution is -2.18. The molecule has 0 unspecified atom stereocenters. The highest BCUT2D eigenvalue weighted by molar-refractivity contribution is 5.32. The lowest BCUT2D eigenvalue weighted by molar-refractivity contribution is 0.749. The zero-order valence-corrected chi connectivity index (χ0v) is 7.46. The molecule has 1 aromatic rings. The van der Waals surface area contributed by atoms with Gasteiger partial charge in [0.25, 0.3) is 0 Å².